The predicted molar refractivity (Wildman–Crippen MR) is 88.5 cm³/mol. The van der Waals surface area contributed by atoms with E-state index in [2.05, 4.69) is 21.6 Å². The van der Waals surface area contributed by atoms with Gasteiger partial charge in [-0.15, -0.1) is 0 Å². The highest BCUT2D eigenvalue weighted by Gasteiger charge is 2.15. The number of carbonyl (C=O) groups is 1. The van der Waals surface area contributed by atoms with Crippen LogP contribution in [0.2, 0.25) is 0 Å². The Morgan fingerprint density at radius 2 is 2.26 bits per heavy atom. The highest BCUT2D eigenvalue weighted by molar-refractivity contribution is 5.96. The highest BCUT2D eigenvalue weighted by atomic mass is 16.3. The molecule has 23 heavy (non-hydrogen) atoms. The quantitative estimate of drug-likeness (QED) is 0.727. The van der Waals surface area contributed by atoms with Crippen LogP contribution in [-0.4, -0.2) is 29.7 Å². The average molecular weight is 308 g/mol. The first-order chi connectivity index (χ1) is 11.4. The van der Waals surface area contributed by atoms with E-state index in [1.807, 2.05) is 18.2 Å². The molecule has 1 amide bonds. The summed E-state index contributed by atoms with van der Waals surface area (Å²) in [4.78, 5) is 13.0. The minimum absolute atomic E-state index is 0.630. The number of anilines is 2. The normalized spacial score (nSPS) is 14.7. The number of H-pyrrole nitrogens is 1. The molecule has 0 aliphatic carbocycles. The maximum absolute atomic E-state index is 11.5. The van der Waals surface area contributed by atoms with Crippen molar-refractivity contribution in [2.24, 2.45) is 0 Å². The van der Waals surface area contributed by atoms with Crippen molar-refractivity contribution >= 4 is 34.5 Å². The van der Waals surface area contributed by atoms with Crippen molar-refractivity contribution < 1.29 is 9.21 Å². The molecule has 0 bridgehead atoms. The Morgan fingerprint density at radius 3 is 3.00 bits per heavy atom. The Balaban J connectivity index is 1.80. The number of nitrogens with one attached hydrogen (secondary N) is 2. The van der Waals surface area contributed by atoms with E-state index in [1.54, 1.807) is 18.5 Å². The molecule has 0 spiro atoms. The van der Waals surface area contributed by atoms with E-state index in [0.717, 1.165) is 48.1 Å². The van der Waals surface area contributed by atoms with E-state index in [0.29, 0.717) is 5.82 Å². The summed E-state index contributed by atoms with van der Waals surface area (Å²) in [6.07, 6.45) is 7.35. The van der Waals surface area contributed by atoms with Gasteiger partial charge in [-0.3, -0.25) is 14.8 Å². The Morgan fingerprint density at radius 1 is 1.30 bits per heavy atom. The van der Waals surface area contributed by atoms with E-state index in [4.69, 9.17) is 4.42 Å². The van der Waals surface area contributed by atoms with Crippen LogP contribution >= 0.6 is 0 Å². The number of hydrogen-bond donors (Lipinski definition) is 2. The fourth-order valence-corrected chi connectivity index (χ4v) is 2.92. The summed E-state index contributed by atoms with van der Waals surface area (Å²) in [6.45, 7) is 1.84. The molecule has 116 valence electrons. The number of rotatable bonds is 4. The van der Waals surface area contributed by atoms with E-state index in [9.17, 15) is 4.79 Å². The number of aromatic amines is 1. The number of furan rings is 1. The Bertz CT molecular complexity index is 864. The van der Waals surface area contributed by atoms with E-state index in [-0.39, 0.29) is 0 Å². The molecule has 6 heteroatoms. The van der Waals surface area contributed by atoms with Gasteiger partial charge in [-0.25, -0.2) is 0 Å². The van der Waals surface area contributed by atoms with Crippen LogP contribution in [0.4, 0.5) is 11.5 Å². The monoisotopic (exact) mass is 308 g/mol. The second kappa shape index (κ2) is 5.73. The molecule has 1 aromatic carbocycles. The summed E-state index contributed by atoms with van der Waals surface area (Å²) < 4.78 is 5.67. The lowest BCUT2D eigenvalue weighted by atomic mass is 9.99. The summed E-state index contributed by atoms with van der Waals surface area (Å²) in [5.41, 5.74) is 3.96. The smallest absolute Gasteiger partial charge is 0.219 e. The zero-order chi connectivity index (χ0) is 15.6. The van der Waals surface area contributed by atoms with Gasteiger partial charge in [0.05, 0.1) is 18.1 Å². The first kappa shape index (κ1) is 13.8. The number of benzene rings is 1. The minimum Gasteiger partial charge on any atom is -0.464 e. The van der Waals surface area contributed by atoms with Crippen LogP contribution in [0.15, 0.2) is 47.2 Å². The Kier molecular flexibility index (Phi) is 3.44. The van der Waals surface area contributed by atoms with Crippen molar-refractivity contribution in [1.29, 1.82) is 0 Å². The van der Waals surface area contributed by atoms with E-state index < -0.39 is 0 Å². The van der Waals surface area contributed by atoms with Gasteiger partial charge in [-0.2, -0.15) is 5.10 Å². The number of amides is 1. The van der Waals surface area contributed by atoms with Crippen LogP contribution in [0.5, 0.6) is 0 Å². The van der Waals surface area contributed by atoms with Gasteiger partial charge >= 0.3 is 0 Å². The van der Waals surface area contributed by atoms with Crippen LogP contribution < -0.4 is 10.2 Å². The third-order valence-electron chi connectivity index (χ3n) is 4.10. The maximum Gasteiger partial charge on any atom is 0.219 e. The fourth-order valence-electron chi connectivity index (χ4n) is 2.92. The Labute approximate surface area is 132 Å². The first-order valence-electron chi connectivity index (χ1n) is 7.52. The van der Waals surface area contributed by atoms with Gasteiger partial charge in [0.15, 0.2) is 0 Å². The standard InChI is InChI=1S/C17H16N4O2/c22-11-21(17-5-8-19-20-17)13-1-2-16-14(9-13)15(10-23-16)12-3-6-18-7-4-12/h1-3,5,8-11,18H,4,6-7H2,(H,19,20). The highest BCUT2D eigenvalue weighted by Crippen LogP contribution is 2.33. The lowest BCUT2D eigenvalue weighted by Gasteiger charge is -2.16. The van der Waals surface area contributed by atoms with Crippen molar-refractivity contribution in [3.8, 4) is 0 Å². The van der Waals surface area contributed by atoms with Crippen LogP contribution in [-0.2, 0) is 4.79 Å². The van der Waals surface area contributed by atoms with E-state index >= 15 is 0 Å². The summed E-state index contributed by atoms with van der Waals surface area (Å²) in [6, 6.07) is 7.49. The van der Waals surface area contributed by atoms with Gasteiger partial charge in [-0.1, -0.05) is 6.08 Å². The third-order valence-corrected chi connectivity index (χ3v) is 4.10. The first-order valence-corrected chi connectivity index (χ1v) is 7.52. The molecule has 0 radical (unpaired) electrons. The summed E-state index contributed by atoms with van der Waals surface area (Å²) in [7, 11) is 0. The summed E-state index contributed by atoms with van der Waals surface area (Å²) in [5, 5.41) is 11.0. The van der Waals surface area contributed by atoms with Gasteiger partial charge in [0.25, 0.3) is 0 Å². The summed E-state index contributed by atoms with van der Waals surface area (Å²) >= 11 is 0. The maximum atomic E-state index is 11.5. The van der Waals surface area contributed by atoms with Crippen LogP contribution in [0.3, 0.4) is 0 Å². The van der Waals surface area contributed by atoms with Gasteiger partial charge in [-0.05, 0) is 36.7 Å². The van der Waals surface area contributed by atoms with Crippen molar-refractivity contribution in [2.45, 2.75) is 6.42 Å². The lowest BCUT2D eigenvalue weighted by Crippen LogP contribution is -2.19. The van der Waals surface area contributed by atoms with Gasteiger partial charge in [0.1, 0.15) is 11.4 Å². The molecule has 3 heterocycles. The summed E-state index contributed by atoms with van der Waals surface area (Å²) in [5.74, 6) is 0.630. The molecule has 0 atom stereocenters. The van der Waals surface area contributed by atoms with Gasteiger partial charge < -0.3 is 9.73 Å². The number of fused-ring (bicyclic) bond motifs is 1. The van der Waals surface area contributed by atoms with Crippen LogP contribution in [0, 0.1) is 0 Å². The number of aromatic nitrogens is 2. The second-order valence-corrected chi connectivity index (χ2v) is 5.43. The molecule has 1 aliphatic rings. The minimum atomic E-state index is 0.630. The van der Waals surface area contributed by atoms with Crippen LogP contribution in [0.1, 0.15) is 12.0 Å². The number of nitrogens with zero attached hydrogens (tertiary/aromatic N) is 2. The number of carbonyl (C=O) groups excluding carboxylic acids is 1. The van der Waals surface area contributed by atoms with Crippen molar-refractivity contribution in [3.63, 3.8) is 0 Å². The SMILES string of the molecule is O=CN(c1ccc2occ(C3=CCNCC3)c2c1)c1ccn[nH]1. The van der Waals surface area contributed by atoms with Gasteiger partial charge in [0.2, 0.25) is 6.41 Å². The Hall–Kier alpha value is -2.86. The molecule has 0 fully saturated rings. The third kappa shape index (κ3) is 2.43. The zero-order valence-corrected chi connectivity index (χ0v) is 12.5. The zero-order valence-electron chi connectivity index (χ0n) is 12.5. The molecule has 0 unspecified atom stereocenters. The topological polar surface area (TPSA) is 74.2 Å². The van der Waals surface area contributed by atoms with Crippen molar-refractivity contribution in [1.82, 2.24) is 15.5 Å². The molecule has 0 saturated heterocycles. The molecule has 4 rings (SSSR count). The average Bonchev–Trinajstić information content (AvgIpc) is 3.26. The molecular formula is C17H16N4O2. The molecule has 0 saturated carbocycles. The lowest BCUT2D eigenvalue weighted by molar-refractivity contribution is -0.106. The van der Waals surface area contributed by atoms with Gasteiger partial charge in [0, 0.05) is 23.6 Å². The van der Waals surface area contributed by atoms with Crippen molar-refractivity contribution in [3.05, 3.63) is 48.4 Å². The number of hydrogen-bond acceptors (Lipinski definition) is 4. The molecular weight excluding hydrogens is 292 g/mol. The predicted octanol–water partition coefficient (Wildman–Crippen LogP) is 2.83. The molecule has 6 nitrogen and oxygen atoms in total. The molecule has 2 N–H and O–H groups in total. The van der Waals surface area contributed by atoms with Crippen LogP contribution in [0.25, 0.3) is 16.5 Å². The molecule has 2 aromatic heterocycles. The van der Waals surface area contributed by atoms with E-state index in [1.165, 1.54) is 10.5 Å². The fraction of sp³-hybridized carbons (Fsp3) is 0.176. The molecule has 3 aromatic rings. The second-order valence-electron chi connectivity index (χ2n) is 5.43. The van der Waals surface area contributed by atoms with Crippen molar-refractivity contribution in [2.75, 3.05) is 18.0 Å². The largest absolute Gasteiger partial charge is 0.464 e. The molecule has 1 aliphatic heterocycles.